The first-order valence-corrected chi connectivity index (χ1v) is 6.91. The lowest BCUT2D eigenvalue weighted by Gasteiger charge is -2.09. The van der Waals surface area contributed by atoms with Gasteiger partial charge in [0.25, 0.3) is 5.91 Å². The second kappa shape index (κ2) is 7.71. The predicted molar refractivity (Wildman–Crippen MR) is 83.7 cm³/mol. The van der Waals surface area contributed by atoms with Crippen molar-refractivity contribution >= 4 is 17.5 Å². The molecule has 1 N–H and O–H groups in total. The summed E-state index contributed by atoms with van der Waals surface area (Å²) in [6.07, 6.45) is 1.51. The molecule has 23 heavy (non-hydrogen) atoms. The number of benzene rings is 1. The molecule has 1 aromatic heterocycles. The van der Waals surface area contributed by atoms with Crippen LogP contribution in [0.1, 0.15) is 5.56 Å². The smallest absolute Gasteiger partial charge is 0.250 e. The molecule has 6 heteroatoms. The van der Waals surface area contributed by atoms with Crippen LogP contribution in [0, 0.1) is 17.2 Å². The fraction of sp³-hybridized carbons (Fsp3) is 0.176. The Kier molecular flexibility index (Phi) is 5.42. The zero-order valence-corrected chi connectivity index (χ0v) is 12.5. The van der Waals surface area contributed by atoms with Crippen LogP contribution < -0.4 is 10.1 Å². The number of anilines is 1. The van der Waals surface area contributed by atoms with E-state index >= 15 is 0 Å². The van der Waals surface area contributed by atoms with Gasteiger partial charge in [0.2, 0.25) is 0 Å². The molecule has 6 nitrogen and oxygen atoms in total. The molecule has 116 valence electrons. The summed E-state index contributed by atoms with van der Waals surface area (Å²) >= 11 is 0. The number of rotatable bonds is 6. The van der Waals surface area contributed by atoms with Crippen molar-refractivity contribution in [1.82, 2.24) is 4.98 Å². The number of nitrogens with zero attached hydrogens (tertiary/aromatic N) is 2. The van der Waals surface area contributed by atoms with Crippen molar-refractivity contribution in [2.45, 2.75) is 6.42 Å². The van der Waals surface area contributed by atoms with Gasteiger partial charge in [0.15, 0.2) is 11.7 Å². The maximum absolute atomic E-state index is 12.2. The number of pyridine rings is 1. The molecule has 0 radical (unpaired) electrons. The third-order valence-electron chi connectivity index (χ3n) is 3.17. The lowest BCUT2D eigenvalue weighted by molar-refractivity contribution is -0.128. The van der Waals surface area contributed by atoms with E-state index in [1.165, 1.54) is 6.20 Å². The Balaban J connectivity index is 2.03. The topological polar surface area (TPSA) is 92.1 Å². The molecule has 0 spiro atoms. The monoisotopic (exact) mass is 309 g/mol. The number of aromatic nitrogens is 1. The van der Waals surface area contributed by atoms with E-state index in [4.69, 9.17) is 10.00 Å². The maximum Gasteiger partial charge on any atom is 0.250 e. The van der Waals surface area contributed by atoms with Gasteiger partial charge >= 0.3 is 0 Å². The van der Waals surface area contributed by atoms with Crippen LogP contribution in [-0.4, -0.2) is 23.8 Å². The van der Waals surface area contributed by atoms with E-state index in [0.29, 0.717) is 17.1 Å². The van der Waals surface area contributed by atoms with E-state index in [-0.39, 0.29) is 6.42 Å². The molecule has 1 atom stereocenters. The molecule has 2 aromatic rings. The van der Waals surface area contributed by atoms with Crippen LogP contribution in [-0.2, 0) is 16.0 Å². The maximum atomic E-state index is 12.2. The van der Waals surface area contributed by atoms with Gasteiger partial charge in [0.05, 0.1) is 13.2 Å². The summed E-state index contributed by atoms with van der Waals surface area (Å²) in [4.78, 5) is 28.2. The van der Waals surface area contributed by atoms with E-state index in [9.17, 15) is 9.59 Å². The summed E-state index contributed by atoms with van der Waals surface area (Å²) in [5.74, 6) is -1.55. The number of Topliss-reactive ketones (excluding diaryl/α,β-unsaturated/α-hetero) is 1. The number of ether oxygens (including phenoxy) is 1. The minimum atomic E-state index is -1.38. The summed E-state index contributed by atoms with van der Waals surface area (Å²) in [6.45, 7) is 0. The fourth-order valence-corrected chi connectivity index (χ4v) is 1.96. The molecule has 0 saturated heterocycles. The first-order valence-electron chi connectivity index (χ1n) is 6.91. The lowest BCUT2D eigenvalue weighted by atomic mass is 9.98. The first kappa shape index (κ1) is 16.2. The van der Waals surface area contributed by atoms with E-state index in [2.05, 4.69) is 10.3 Å². The van der Waals surface area contributed by atoms with E-state index in [1.54, 1.807) is 55.6 Å². The highest BCUT2D eigenvalue weighted by Gasteiger charge is 2.26. The van der Waals surface area contributed by atoms with Crippen molar-refractivity contribution in [1.29, 1.82) is 5.26 Å². The number of nitrogens with one attached hydrogen (secondary N) is 1. The molecule has 1 heterocycles. The predicted octanol–water partition coefficient (Wildman–Crippen LogP) is 1.98. The quantitative estimate of drug-likeness (QED) is 0.824. The molecule has 0 fully saturated rings. The highest BCUT2D eigenvalue weighted by atomic mass is 16.5. The molecule has 2 rings (SSSR count). The number of hydrogen-bond donors (Lipinski definition) is 1. The molecule has 1 amide bonds. The molecular formula is C17H15N3O3. The summed E-state index contributed by atoms with van der Waals surface area (Å²) in [7, 11) is 1.55. The van der Waals surface area contributed by atoms with Gasteiger partial charge in [0.1, 0.15) is 11.6 Å². The van der Waals surface area contributed by atoms with Crippen molar-refractivity contribution < 1.29 is 14.3 Å². The molecule has 0 aliphatic rings. The Labute approximate surface area is 133 Å². The van der Waals surface area contributed by atoms with Crippen LogP contribution in [0.25, 0.3) is 0 Å². The van der Waals surface area contributed by atoms with Crippen LogP contribution in [0.4, 0.5) is 5.82 Å². The van der Waals surface area contributed by atoms with E-state index in [0.717, 1.165) is 0 Å². The van der Waals surface area contributed by atoms with Gasteiger partial charge in [-0.1, -0.05) is 18.2 Å². The molecule has 0 unspecified atom stereocenters. The zero-order chi connectivity index (χ0) is 16.7. The third-order valence-corrected chi connectivity index (χ3v) is 3.17. The highest BCUT2D eigenvalue weighted by Crippen LogP contribution is 2.14. The molecule has 0 aliphatic heterocycles. The minimum Gasteiger partial charge on any atom is -0.497 e. The van der Waals surface area contributed by atoms with Crippen molar-refractivity contribution in [3.05, 3.63) is 54.2 Å². The van der Waals surface area contributed by atoms with E-state index in [1.807, 2.05) is 0 Å². The van der Waals surface area contributed by atoms with Crippen LogP contribution in [0.5, 0.6) is 5.75 Å². The number of carbonyl (C=O) groups is 2. The van der Waals surface area contributed by atoms with Crippen molar-refractivity contribution in [2.75, 3.05) is 12.4 Å². The second-order valence-electron chi connectivity index (χ2n) is 4.76. The van der Waals surface area contributed by atoms with Gasteiger partial charge in [-0.3, -0.25) is 9.59 Å². The van der Waals surface area contributed by atoms with Crippen LogP contribution in [0.3, 0.4) is 0 Å². The van der Waals surface area contributed by atoms with Crippen molar-refractivity contribution in [3.63, 3.8) is 0 Å². The van der Waals surface area contributed by atoms with Gasteiger partial charge in [0, 0.05) is 12.6 Å². The number of hydrogen-bond acceptors (Lipinski definition) is 5. The largest absolute Gasteiger partial charge is 0.497 e. The van der Waals surface area contributed by atoms with Crippen LogP contribution >= 0.6 is 0 Å². The Bertz CT molecular complexity index is 721. The van der Waals surface area contributed by atoms with Gasteiger partial charge < -0.3 is 10.1 Å². The average molecular weight is 309 g/mol. The normalized spacial score (nSPS) is 11.1. The summed E-state index contributed by atoms with van der Waals surface area (Å²) in [6, 6.07) is 13.6. The van der Waals surface area contributed by atoms with Crippen LogP contribution in [0.15, 0.2) is 48.7 Å². The fourth-order valence-electron chi connectivity index (χ4n) is 1.96. The van der Waals surface area contributed by atoms with Gasteiger partial charge in [-0.2, -0.15) is 5.26 Å². The number of nitriles is 1. The van der Waals surface area contributed by atoms with Gasteiger partial charge in [-0.15, -0.1) is 0 Å². The Morgan fingerprint density at radius 1 is 1.26 bits per heavy atom. The lowest BCUT2D eigenvalue weighted by Crippen LogP contribution is -2.30. The number of amides is 1. The molecule has 0 saturated carbocycles. The van der Waals surface area contributed by atoms with Crippen molar-refractivity contribution in [2.24, 2.45) is 5.92 Å². The summed E-state index contributed by atoms with van der Waals surface area (Å²) in [5, 5.41) is 11.6. The van der Waals surface area contributed by atoms with Gasteiger partial charge in [-0.05, 0) is 29.8 Å². The van der Waals surface area contributed by atoms with E-state index < -0.39 is 17.6 Å². The number of carbonyl (C=O) groups excluding carboxylic acids is 2. The van der Waals surface area contributed by atoms with Crippen molar-refractivity contribution in [3.8, 4) is 11.8 Å². The molecular weight excluding hydrogens is 294 g/mol. The SMILES string of the molecule is COc1ccc(CC(=O)[C@@H](C#N)C(=O)Nc2ccccn2)cc1. The minimum absolute atomic E-state index is 0.00212. The summed E-state index contributed by atoms with van der Waals surface area (Å²) in [5.41, 5.74) is 0.710. The third kappa shape index (κ3) is 4.38. The standard InChI is InChI=1S/C17H15N3O3/c1-23-13-7-5-12(6-8-13)10-15(21)14(11-18)17(22)20-16-4-2-3-9-19-16/h2-9,14H,10H2,1H3,(H,19,20,22)/t14-/m1/s1. The van der Waals surface area contributed by atoms with Gasteiger partial charge in [-0.25, -0.2) is 4.98 Å². The Morgan fingerprint density at radius 3 is 2.57 bits per heavy atom. The highest BCUT2D eigenvalue weighted by molar-refractivity contribution is 6.09. The number of ketones is 1. The Hall–Kier alpha value is -3.20. The average Bonchev–Trinajstić information content (AvgIpc) is 2.57. The van der Waals surface area contributed by atoms with Crippen LogP contribution in [0.2, 0.25) is 0 Å². The second-order valence-corrected chi connectivity index (χ2v) is 4.76. The molecule has 1 aromatic carbocycles. The summed E-state index contributed by atoms with van der Waals surface area (Å²) < 4.78 is 5.04. The zero-order valence-electron chi connectivity index (χ0n) is 12.5. The Morgan fingerprint density at radius 2 is 2.00 bits per heavy atom. The number of methoxy groups -OCH3 is 1. The first-order chi connectivity index (χ1) is 11.1. The molecule has 0 aliphatic carbocycles. The molecule has 0 bridgehead atoms.